The Kier molecular flexibility index (Phi) is 2.34. The Balaban J connectivity index is 2.85. The predicted octanol–water partition coefficient (Wildman–Crippen LogP) is 0.805. The summed E-state index contributed by atoms with van der Waals surface area (Å²) in [5, 5.41) is 0.394. The molecule has 2 heterocycles. The van der Waals surface area contributed by atoms with Crippen molar-refractivity contribution in [2.24, 2.45) is 0 Å². The van der Waals surface area contributed by atoms with Gasteiger partial charge in [0.15, 0.2) is 5.82 Å². The zero-order valence-corrected chi connectivity index (χ0v) is 8.82. The van der Waals surface area contributed by atoms with Crippen LogP contribution in [0.15, 0.2) is 21.9 Å². The summed E-state index contributed by atoms with van der Waals surface area (Å²) in [5.74, 6) is -0.886. The van der Waals surface area contributed by atoms with Crippen LogP contribution in [0.25, 0.3) is 11.0 Å². The van der Waals surface area contributed by atoms with Crippen molar-refractivity contribution in [3.63, 3.8) is 0 Å². The summed E-state index contributed by atoms with van der Waals surface area (Å²) in [4.78, 5) is 28.4. The molecule has 0 aliphatic heterocycles. The molecule has 0 aromatic carbocycles. The lowest BCUT2D eigenvalue weighted by Crippen LogP contribution is -2.25. The molecule has 0 aliphatic rings. The van der Waals surface area contributed by atoms with Crippen LogP contribution < -0.4 is 11.2 Å². The molecule has 0 aliphatic carbocycles. The number of aromatic amines is 1. The lowest BCUT2D eigenvalue weighted by Gasteiger charge is -2.09. The molecule has 6 heteroatoms. The standard InChI is InChI=1S/C10H10FN3O2/c1-5(2)14-4-6-3-7(11)9(15)12-8(6)13-10(14)16/h3-5H,1-2H3,(H,12,13,15,16). The van der Waals surface area contributed by atoms with E-state index in [-0.39, 0.29) is 11.7 Å². The van der Waals surface area contributed by atoms with E-state index in [0.29, 0.717) is 5.39 Å². The monoisotopic (exact) mass is 223 g/mol. The van der Waals surface area contributed by atoms with E-state index in [4.69, 9.17) is 0 Å². The predicted molar refractivity (Wildman–Crippen MR) is 57.0 cm³/mol. The van der Waals surface area contributed by atoms with E-state index in [1.807, 2.05) is 13.8 Å². The molecule has 84 valence electrons. The number of aromatic nitrogens is 3. The average Bonchev–Trinajstić information content (AvgIpc) is 2.19. The molecule has 0 amide bonds. The molecule has 0 radical (unpaired) electrons. The summed E-state index contributed by atoms with van der Waals surface area (Å²) in [6, 6.07) is 0.999. The first-order chi connectivity index (χ1) is 7.49. The van der Waals surface area contributed by atoms with E-state index in [2.05, 4.69) is 9.97 Å². The minimum absolute atomic E-state index is 0.0700. The van der Waals surface area contributed by atoms with Gasteiger partial charge in [0.05, 0.1) is 0 Å². The van der Waals surface area contributed by atoms with Crippen LogP contribution in [-0.4, -0.2) is 14.5 Å². The van der Waals surface area contributed by atoms with Crippen molar-refractivity contribution in [2.75, 3.05) is 0 Å². The molecule has 16 heavy (non-hydrogen) atoms. The van der Waals surface area contributed by atoms with Crippen LogP contribution in [0.5, 0.6) is 0 Å². The zero-order chi connectivity index (χ0) is 11.9. The first kappa shape index (κ1) is 10.5. The number of pyridine rings is 1. The summed E-state index contributed by atoms with van der Waals surface area (Å²) < 4.78 is 14.4. The van der Waals surface area contributed by atoms with Crippen LogP contribution >= 0.6 is 0 Å². The van der Waals surface area contributed by atoms with Crippen molar-refractivity contribution >= 4 is 11.0 Å². The highest BCUT2D eigenvalue weighted by molar-refractivity contribution is 5.72. The number of hydrogen-bond donors (Lipinski definition) is 1. The average molecular weight is 223 g/mol. The van der Waals surface area contributed by atoms with E-state index >= 15 is 0 Å². The second-order valence-electron chi connectivity index (χ2n) is 3.77. The number of nitrogens with zero attached hydrogens (tertiary/aromatic N) is 2. The third-order valence-electron chi connectivity index (χ3n) is 2.27. The third-order valence-corrected chi connectivity index (χ3v) is 2.27. The highest BCUT2D eigenvalue weighted by Crippen LogP contribution is 2.08. The summed E-state index contributed by atoms with van der Waals surface area (Å²) >= 11 is 0. The molecule has 0 spiro atoms. The largest absolute Gasteiger partial charge is 0.349 e. The van der Waals surface area contributed by atoms with Gasteiger partial charge in [-0.1, -0.05) is 0 Å². The van der Waals surface area contributed by atoms with Crippen molar-refractivity contribution in [1.29, 1.82) is 0 Å². The molecule has 2 rings (SSSR count). The van der Waals surface area contributed by atoms with Crippen molar-refractivity contribution < 1.29 is 4.39 Å². The second-order valence-corrected chi connectivity index (χ2v) is 3.77. The van der Waals surface area contributed by atoms with Crippen LogP contribution in [0.2, 0.25) is 0 Å². The van der Waals surface area contributed by atoms with Gasteiger partial charge in [0, 0.05) is 17.6 Å². The molecule has 1 N–H and O–H groups in total. The van der Waals surface area contributed by atoms with Gasteiger partial charge in [0.1, 0.15) is 5.65 Å². The van der Waals surface area contributed by atoms with Gasteiger partial charge in [0.25, 0.3) is 5.56 Å². The molecule has 0 atom stereocenters. The van der Waals surface area contributed by atoms with Gasteiger partial charge >= 0.3 is 5.69 Å². The Morgan fingerprint density at radius 3 is 2.75 bits per heavy atom. The maximum absolute atomic E-state index is 13.0. The molecular formula is C10H10FN3O2. The molecule has 5 nitrogen and oxygen atoms in total. The molecule has 0 fully saturated rings. The van der Waals surface area contributed by atoms with E-state index in [1.54, 1.807) is 0 Å². The molecule has 0 unspecified atom stereocenters. The van der Waals surface area contributed by atoms with Crippen LogP contribution in [0.3, 0.4) is 0 Å². The van der Waals surface area contributed by atoms with Gasteiger partial charge in [-0.3, -0.25) is 9.36 Å². The molecule has 0 saturated carbocycles. The maximum atomic E-state index is 13.0. The van der Waals surface area contributed by atoms with Crippen molar-refractivity contribution in [3.8, 4) is 0 Å². The highest BCUT2D eigenvalue weighted by atomic mass is 19.1. The number of hydrogen-bond acceptors (Lipinski definition) is 3. The molecule has 0 bridgehead atoms. The van der Waals surface area contributed by atoms with E-state index in [9.17, 15) is 14.0 Å². The summed E-state index contributed by atoms with van der Waals surface area (Å²) in [7, 11) is 0. The van der Waals surface area contributed by atoms with Crippen LogP contribution in [-0.2, 0) is 0 Å². The van der Waals surface area contributed by atoms with Crippen LogP contribution in [0, 0.1) is 5.82 Å². The molecule has 2 aromatic rings. The first-order valence-corrected chi connectivity index (χ1v) is 4.81. The van der Waals surface area contributed by atoms with E-state index in [0.717, 1.165) is 6.07 Å². The van der Waals surface area contributed by atoms with E-state index in [1.165, 1.54) is 10.8 Å². The Hall–Kier alpha value is -1.98. The molecule has 2 aromatic heterocycles. The van der Waals surface area contributed by atoms with Gasteiger partial charge < -0.3 is 4.98 Å². The number of halogens is 1. The Morgan fingerprint density at radius 1 is 1.44 bits per heavy atom. The molecule has 0 saturated heterocycles. The number of rotatable bonds is 1. The van der Waals surface area contributed by atoms with Gasteiger partial charge in [-0.25, -0.2) is 9.18 Å². The minimum atomic E-state index is -0.886. The number of fused-ring (bicyclic) bond motifs is 1. The normalized spacial score (nSPS) is 11.2. The smallest absolute Gasteiger partial charge is 0.304 e. The van der Waals surface area contributed by atoms with E-state index < -0.39 is 17.1 Å². The quantitative estimate of drug-likeness (QED) is 0.777. The Labute approximate surface area is 89.6 Å². The SMILES string of the molecule is CC(C)n1cc2cc(F)c(=O)[nH]c2nc1=O. The van der Waals surface area contributed by atoms with Crippen molar-refractivity contribution in [3.05, 3.63) is 38.9 Å². The lowest BCUT2D eigenvalue weighted by molar-refractivity contribution is 0.566. The second kappa shape index (κ2) is 3.55. The summed E-state index contributed by atoms with van der Waals surface area (Å²) in [6.07, 6.45) is 1.48. The number of H-pyrrole nitrogens is 1. The highest BCUT2D eigenvalue weighted by Gasteiger charge is 2.07. The van der Waals surface area contributed by atoms with Gasteiger partial charge in [-0.05, 0) is 19.9 Å². The zero-order valence-electron chi connectivity index (χ0n) is 8.82. The fourth-order valence-corrected chi connectivity index (χ4v) is 1.43. The topological polar surface area (TPSA) is 67.8 Å². The summed E-state index contributed by atoms with van der Waals surface area (Å²) in [5.41, 5.74) is -1.24. The Bertz CT molecular complexity index is 657. The van der Waals surface area contributed by atoms with Crippen LogP contribution in [0.4, 0.5) is 4.39 Å². The Morgan fingerprint density at radius 2 is 2.12 bits per heavy atom. The fourth-order valence-electron chi connectivity index (χ4n) is 1.43. The maximum Gasteiger partial charge on any atom is 0.349 e. The fraction of sp³-hybridized carbons (Fsp3) is 0.300. The van der Waals surface area contributed by atoms with Gasteiger partial charge in [0.2, 0.25) is 0 Å². The minimum Gasteiger partial charge on any atom is -0.304 e. The molecular weight excluding hydrogens is 213 g/mol. The lowest BCUT2D eigenvalue weighted by atomic mass is 10.3. The number of nitrogens with one attached hydrogen (secondary N) is 1. The first-order valence-electron chi connectivity index (χ1n) is 4.81. The van der Waals surface area contributed by atoms with Crippen molar-refractivity contribution in [1.82, 2.24) is 14.5 Å². The van der Waals surface area contributed by atoms with Crippen molar-refractivity contribution in [2.45, 2.75) is 19.9 Å². The van der Waals surface area contributed by atoms with Gasteiger partial charge in [-0.2, -0.15) is 4.98 Å². The van der Waals surface area contributed by atoms with Crippen LogP contribution in [0.1, 0.15) is 19.9 Å². The van der Waals surface area contributed by atoms with Gasteiger partial charge in [-0.15, -0.1) is 0 Å². The summed E-state index contributed by atoms with van der Waals surface area (Å²) in [6.45, 7) is 3.63. The third kappa shape index (κ3) is 1.62.